The number of allylic oxidation sites excluding steroid dienone is 1. The van der Waals surface area contributed by atoms with E-state index in [0.717, 1.165) is 11.1 Å². The van der Waals surface area contributed by atoms with Crippen molar-refractivity contribution in [1.82, 2.24) is 0 Å². The Kier molecular flexibility index (Phi) is 5.54. The number of halogens is 2. The molecule has 0 unspecified atom stereocenters. The molecule has 2 aromatic rings. The quantitative estimate of drug-likeness (QED) is 0.550. The van der Waals surface area contributed by atoms with Gasteiger partial charge in [-0.3, -0.25) is 0 Å². The van der Waals surface area contributed by atoms with Crippen molar-refractivity contribution < 1.29 is 9.47 Å². The van der Waals surface area contributed by atoms with Crippen molar-refractivity contribution in [2.24, 2.45) is 0 Å². The SMILES string of the molecule is COc1cc(C)c(C=C(C#N)c2ccc(Cl)cc2Cl)cc1OC. The molecule has 0 aromatic heterocycles. The Morgan fingerprint density at radius 3 is 2.30 bits per heavy atom. The Bertz CT molecular complexity index is 807. The van der Waals surface area contributed by atoms with Gasteiger partial charge in [0.1, 0.15) is 0 Å². The lowest BCUT2D eigenvalue weighted by Crippen LogP contribution is -1.93. The fourth-order valence-electron chi connectivity index (χ4n) is 2.19. The molecule has 0 saturated carbocycles. The van der Waals surface area contributed by atoms with Crippen molar-refractivity contribution in [3.05, 3.63) is 57.1 Å². The molecule has 0 fully saturated rings. The molecule has 3 nitrogen and oxygen atoms in total. The molecule has 2 rings (SSSR count). The molecule has 0 aliphatic carbocycles. The van der Waals surface area contributed by atoms with E-state index in [9.17, 15) is 5.26 Å². The molecule has 0 saturated heterocycles. The fraction of sp³-hybridized carbons (Fsp3) is 0.167. The van der Waals surface area contributed by atoms with Crippen molar-refractivity contribution in [2.75, 3.05) is 14.2 Å². The molecule has 2 aromatic carbocycles. The highest BCUT2D eigenvalue weighted by molar-refractivity contribution is 6.36. The third kappa shape index (κ3) is 3.79. The maximum Gasteiger partial charge on any atom is 0.161 e. The lowest BCUT2D eigenvalue weighted by Gasteiger charge is -2.11. The van der Waals surface area contributed by atoms with Crippen LogP contribution in [0.4, 0.5) is 0 Å². The molecule has 0 aliphatic rings. The van der Waals surface area contributed by atoms with E-state index < -0.39 is 0 Å². The molecule has 0 amide bonds. The summed E-state index contributed by atoms with van der Waals surface area (Å²) in [4.78, 5) is 0. The lowest BCUT2D eigenvalue weighted by atomic mass is 10.0. The van der Waals surface area contributed by atoms with Crippen LogP contribution in [0.5, 0.6) is 11.5 Å². The standard InChI is InChI=1S/C18H15Cl2NO2/c1-11-6-17(22-2)18(23-3)8-12(11)7-13(10-21)15-5-4-14(19)9-16(15)20/h4-9H,1-3H3. The second-order valence-corrected chi connectivity index (χ2v) is 5.70. The number of ether oxygens (including phenoxy) is 2. The van der Waals surface area contributed by atoms with Crippen LogP contribution in [0.15, 0.2) is 30.3 Å². The highest BCUT2D eigenvalue weighted by atomic mass is 35.5. The van der Waals surface area contributed by atoms with Gasteiger partial charge >= 0.3 is 0 Å². The fourth-order valence-corrected chi connectivity index (χ4v) is 2.70. The number of benzene rings is 2. The van der Waals surface area contributed by atoms with E-state index in [1.807, 2.05) is 19.1 Å². The van der Waals surface area contributed by atoms with Gasteiger partial charge in [0.2, 0.25) is 0 Å². The van der Waals surface area contributed by atoms with Crippen LogP contribution in [0, 0.1) is 18.3 Å². The Labute approximate surface area is 145 Å². The van der Waals surface area contributed by atoms with Crippen LogP contribution < -0.4 is 9.47 Å². The van der Waals surface area contributed by atoms with Crippen molar-refractivity contribution in [3.8, 4) is 17.6 Å². The van der Waals surface area contributed by atoms with Crippen LogP contribution >= 0.6 is 23.2 Å². The van der Waals surface area contributed by atoms with Crippen molar-refractivity contribution >= 4 is 34.9 Å². The second kappa shape index (κ2) is 7.41. The van der Waals surface area contributed by atoms with Crippen LogP contribution in [0.2, 0.25) is 10.0 Å². The molecule has 5 heteroatoms. The van der Waals surface area contributed by atoms with Crippen molar-refractivity contribution in [2.45, 2.75) is 6.92 Å². The lowest BCUT2D eigenvalue weighted by molar-refractivity contribution is 0.354. The number of rotatable bonds is 4. The second-order valence-electron chi connectivity index (χ2n) is 4.86. The zero-order valence-corrected chi connectivity index (χ0v) is 14.5. The summed E-state index contributed by atoms with van der Waals surface area (Å²) in [6.45, 7) is 1.94. The summed E-state index contributed by atoms with van der Waals surface area (Å²) >= 11 is 12.1. The molecule has 0 heterocycles. The number of aryl methyl sites for hydroxylation is 1. The van der Waals surface area contributed by atoms with Gasteiger partial charge in [-0.15, -0.1) is 0 Å². The summed E-state index contributed by atoms with van der Waals surface area (Å²) in [5.74, 6) is 1.24. The molecular weight excluding hydrogens is 333 g/mol. The van der Waals surface area contributed by atoms with Crippen LogP contribution in [0.25, 0.3) is 11.6 Å². The van der Waals surface area contributed by atoms with Gasteiger partial charge in [0.25, 0.3) is 0 Å². The molecule has 118 valence electrons. The van der Waals surface area contributed by atoms with Gasteiger partial charge in [0.15, 0.2) is 11.5 Å². The smallest absolute Gasteiger partial charge is 0.161 e. The largest absolute Gasteiger partial charge is 0.493 e. The predicted molar refractivity (Wildman–Crippen MR) is 94.2 cm³/mol. The van der Waals surface area contributed by atoms with Crippen molar-refractivity contribution in [1.29, 1.82) is 5.26 Å². The Balaban J connectivity index is 2.56. The van der Waals surface area contributed by atoms with Gasteiger partial charge in [-0.25, -0.2) is 0 Å². The van der Waals surface area contributed by atoms with E-state index in [2.05, 4.69) is 6.07 Å². The monoisotopic (exact) mass is 347 g/mol. The normalized spacial score (nSPS) is 11.0. The predicted octanol–water partition coefficient (Wildman–Crippen LogP) is 5.38. The van der Waals surface area contributed by atoms with Crippen molar-refractivity contribution in [3.63, 3.8) is 0 Å². The first-order valence-corrected chi connectivity index (χ1v) is 7.55. The van der Waals surface area contributed by atoms with Crippen LogP contribution in [-0.2, 0) is 0 Å². The summed E-state index contributed by atoms with van der Waals surface area (Å²) in [6, 6.07) is 10.9. The minimum Gasteiger partial charge on any atom is -0.493 e. The maximum absolute atomic E-state index is 9.49. The Morgan fingerprint density at radius 2 is 1.74 bits per heavy atom. The van der Waals surface area contributed by atoms with E-state index in [4.69, 9.17) is 32.7 Å². The first-order chi connectivity index (χ1) is 11.0. The van der Waals surface area contributed by atoms with E-state index >= 15 is 0 Å². The third-order valence-corrected chi connectivity index (χ3v) is 3.96. The number of hydrogen-bond acceptors (Lipinski definition) is 3. The van der Waals surface area contributed by atoms with Gasteiger partial charge in [-0.05, 0) is 48.4 Å². The van der Waals surface area contributed by atoms with Crippen LogP contribution in [0.1, 0.15) is 16.7 Å². The average Bonchev–Trinajstić information content (AvgIpc) is 2.54. The number of hydrogen-bond donors (Lipinski definition) is 0. The molecule has 0 aliphatic heterocycles. The summed E-state index contributed by atoms with van der Waals surface area (Å²) in [7, 11) is 3.16. The molecule has 0 bridgehead atoms. The average molecular weight is 348 g/mol. The van der Waals surface area contributed by atoms with Gasteiger partial charge in [-0.2, -0.15) is 5.26 Å². The highest BCUT2D eigenvalue weighted by Gasteiger charge is 2.11. The maximum atomic E-state index is 9.49. The number of methoxy groups -OCH3 is 2. The van der Waals surface area contributed by atoms with E-state index in [0.29, 0.717) is 32.7 Å². The minimum atomic E-state index is 0.434. The first-order valence-electron chi connectivity index (χ1n) is 6.80. The summed E-state index contributed by atoms with van der Waals surface area (Å²) in [5, 5.41) is 10.4. The molecule has 0 radical (unpaired) electrons. The molecule has 0 spiro atoms. The topological polar surface area (TPSA) is 42.2 Å². The van der Waals surface area contributed by atoms with E-state index in [1.54, 1.807) is 38.5 Å². The summed E-state index contributed by atoms with van der Waals surface area (Å²) in [6.07, 6.45) is 1.77. The molecule has 0 atom stereocenters. The van der Waals surface area contributed by atoms with Crippen LogP contribution in [0.3, 0.4) is 0 Å². The first kappa shape index (κ1) is 17.2. The zero-order valence-electron chi connectivity index (χ0n) is 13.0. The summed E-state index contributed by atoms with van der Waals surface area (Å²) < 4.78 is 10.6. The molecule has 0 N–H and O–H groups in total. The number of nitriles is 1. The van der Waals surface area contributed by atoms with E-state index in [-0.39, 0.29) is 0 Å². The van der Waals surface area contributed by atoms with Gasteiger partial charge < -0.3 is 9.47 Å². The summed E-state index contributed by atoms with van der Waals surface area (Å²) in [5.41, 5.74) is 2.89. The molecule has 23 heavy (non-hydrogen) atoms. The van der Waals surface area contributed by atoms with Crippen LogP contribution in [-0.4, -0.2) is 14.2 Å². The number of nitrogens with zero attached hydrogens (tertiary/aromatic N) is 1. The van der Waals surface area contributed by atoms with Gasteiger partial charge in [0, 0.05) is 10.6 Å². The zero-order chi connectivity index (χ0) is 17.0. The minimum absolute atomic E-state index is 0.434. The Hall–Kier alpha value is -2.15. The Morgan fingerprint density at radius 1 is 1.09 bits per heavy atom. The highest BCUT2D eigenvalue weighted by Crippen LogP contribution is 2.33. The van der Waals surface area contributed by atoms with Gasteiger partial charge in [0.05, 0.1) is 30.9 Å². The molecular formula is C18H15Cl2NO2. The third-order valence-electron chi connectivity index (χ3n) is 3.41. The van der Waals surface area contributed by atoms with E-state index in [1.165, 1.54) is 0 Å². The van der Waals surface area contributed by atoms with Gasteiger partial charge in [-0.1, -0.05) is 29.3 Å².